The van der Waals surface area contributed by atoms with Gasteiger partial charge in [-0.3, -0.25) is 0 Å². The summed E-state index contributed by atoms with van der Waals surface area (Å²) in [6.45, 7) is 1.43. The molecule has 0 aromatic heterocycles. The molecule has 0 aliphatic rings. The number of halogens is 2. The molecule has 0 atom stereocenters. The van der Waals surface area contributed by atoms with E-state index in [1.807, 2.05) is 24.3 Å². The highest BCUT2D eigenvalue weighted by Gasteiger charge is 2.00. The van der Waals surface area contributed by atoms with E-state index in [1.165, 1.54) is 12.1 Å². The first kappa shape index (κ1) is 15.5. The quantitative estimate of drug-likeness (QED) is 0.905. The van der Waals surface area contributed by atoms with E-state index < -0.39 is 0 Å². The Balaban J connectivity index is 0.00000180. The summed E-state index contributed by atoms with van der Waals surface area (Å²) in [6.07, 6.45) is 0. The first-order valence-electron chi connectivity index (χ1n) is 5.86. The van der Waals surface area contributed by atoms with Crippen LogP contribution in [0.3, 0.4) is 0 Å². The summed E-state index contributed by atoms with van der Waals surface area (Å²) in [7, 11) is 1.67. The Hall–Kier alpha value is -1.58. The van der Waals surface area contributed by atoms with Crippen LogP contribution in [0, 0.1) is 5.82 Å². The molecule has 2 aromatic rings. The maximum atomic E-state index is 12.7. The van der Waals surface area contributed by atoms with Gasteiger partial charge in [0.15, 0.2) is 0 Å². The van der Waals surface area contributed by atoms with Crippen molar-refractivity contribution in [1.29, 1.82) is 0 Å². The van der Waals surface area contributed by atoms with Crippen molar-refractivity contribution < 1.29 is 9.13 Å². The van der Waals surface area contributed by atoms with Gasteiger partial charge in [-0.25, -0.2) is 4.39 Å². The summed E-state index contributed by atoms with van der Waals surface area (Å²) in [6, 6.07) is 14.4. The number of methoxy groups -OCH3 is 1. The van der Waals surface area contributed by atoms with Crippen molar-refractivity contribution in [2.45, 2.75) is 13.1 Å². The van der Waals surface area contributed by atoms with Gasteiger partial charge in [0.05, 0.1) is 7.11 Å². The zero-order valence-electron chi connectivity index (χ0n) is 10.7. The molecule has 2 aromatic carbocycles. The lowest BCUT2D eigenvalue weighted by Gasteiger charge is -2.09. The zero-order chi connectivity index (χ0) is 12.8. The van der Waals surface area contributed by atoms with E-state index in [9.17, 15) is 4.39 Å². The fraction of sp³-hybridized carbons (Fsp3) is 0.200. The summed E-state index contributed by atoms with van der Waals surface area (Å²) >= 11 is 0. The Kier molecular flexibility index (Phi) is 6.33. The maximum absolute atomic E-state index is 12.7. The summed E-state index contributed by atoms with van der Waals surface area (Å²) in [5.41, 5.74) is 2.17. The lowest BCUT2D eigenvalue weighted by atomic mass is 10.2. The summed E-state index contributed by atoms with van der Waals surface area (Å²) in [5, 5.41) is 3.31. The molecule has 0 fully saturated rings. The molecule has 0 bridgehead atoms. The van der Waals surface area contributed by atoms with Crippen LogP contribution < -0.4 is 10.1 Å². The predicted molar refractivity (Wildman–Crippen MR) is 77.2 cm³/mol. The van der Waals surface area contributed by atoms with Crippen molar-refractivity contribution in [2.75, 3.05) is 7.11 Å². The molecule has 0 aliphatic heterocycles. The lowest BCUT2D eigenvalue weighted by Crippen LogP contribution is -2.13. The van der Waals surface area contributed by atoms with Gasteiger partial charge in [-0.1, -0.05) is 30.3 Å². The van der Waals surface area contributed by atoms with Crippen LogP contribution in [-0.2, 0) is 13.1 Å². The van der Waals surface area contributed by atoms with E-state index >= 15 is 0 Å². The van der Waals surface area contributed by atoms with Crippen LogP contribution >= 0.6 is 12.4 Å². The fourth-order valence-corrected chi connectivity index (χ4v) is 1.79. The zero-order valence-corrected chi connectivity index (χ0v) is 11.5. The highest BCUT2D eigenvalue weighted by molar-refractivity contribution is 5.85. The number of benzene rings is 2. The van der Waals surface area contributed by atoms with Gasteiger partial charge in [-0.15, -0.1) is 12.4 Å². The first-order chi connectivity index (χ1) is 8.79. The van der Waals surface area contributed by atoms with Gasteiger partial charge in [0.2, 0.25) is 0 Å². The monoisotopic (exact) mass is 281 g/mol. The van der Waals surface area contributed by atoms with Gasteiger partial charge in [0, 0.05) is 18.7 Å². The third-order valence-electron chi connectivity index (χ3n) is 2.75. The molecule has 0 saturated heterocycles. The Morgan fingerprint density at radius 3 is 2.37 bits per heavy atom. The molecule has 0 spiro atoms. The number of hydrogen-bond donors (Lipinski definition) is 1. The Morgan fingerprint density at radius 1 is 1.00 bits per heavy atom. The summed E-state index contributed by atoms with van der Waals surface area (Å²) < 4.78 is 18.0. The van der Waals surface area contributed by atoms with Crippen molar-refractivity contribution in [2.24, 2.45) is 0 Å². The molecular weight excluding hydrogens is 265 g/mol. The Labute approximate surface area is 119 Å². The highest BCUT2D eigenvalue weighted by atomic mass is 35.5. The minimum Gasteiger partial charge on any atom is -0.496 e. The number of ether oxygens (including phenoxy) is 1. The number of rotatable bonds is 5. The molecule has 0 radical (unpaired) electrons. The van der Waals surface area contributed by atoms with Crippen LogP contribution in [0.15, 0.2) is 48.5 Å². The molecule has 2 nitrogen and oxygen atoms in total. The molecule has 4 heteroatoms. The molecular formula is C15H17ClFNO. The molecule has 1 N–H and O–H groups in total. The van der Waals surface area contributed by atoms with Gasteiger partial charge < -0.3 is 10.1 Å². The highest BCUT2D eigenvalue weighted by Crippen LogP contribution is 2.16. The average molecular weight is 282 g/mol. The second kappa shape index (κ2) is 7.77. The predicted octanol–water partition coefficient (Wildman–Crippen LogP) is 3.55. The summed E-state index contributed by atoms with van der Waals surface area (Å²) in [5.74, 6) is 0.674. The molecule has 0 aliphatic carbocycles. The van der Waals surface area contributed by atoms with E-state index in [1.54, 1.807) is 19.2 Å². The molecule has 102 valence electrons. The van der Waals surface area contributed by atoms with E-state index in [0.717, 1.165) is 23.4 Å². The van der Waals surface area contributed by atoms with Gasteiger partial charge in [-0.2, -0.15) is 0 Å². The van der Waals surface area contributed by atoms with E-state index in [-0.39, 0.29) is 18.2 Å². The molecule has 2 rings (SSSR count). The van der Waals surface area contributed by atoms with Crippen LogP contribution in [-0.4, -0.2) is 7.11 Å². The largest absolute Gasteiger partial charge is 0.496 e. The van der Waals surface area contributed by atoms with Gasteiger partial charge in [0.1, 0.15) is 11.6 Å². The smallest absolute Gasteiger partial charge is 0.123 e. The van der Waals surface area contributed by atoms with Crippen molar-refractivity contribution >= 4 is 12.4 Å². The van der Waals surface area contributed by atoms with Crippen LogP contribution in [0.4, 0.5) is 4.39 Å². The number of para-hydroxylation sites is 1. The Morgan fingerprint density at radius 2 is 1.68 bits per heavy atom. The minimum atomic E-state index is -0.205. The standard InChI is InChI=1S/C15H16FNO.ClH/c1-18-15-5-3-2-4-13(15)11-17-10-12-6-8-14(16)9-7-12;/h2-9,17H,10-11H2,1H3;1H. The minimum absolute atomic E-state index is 0. The van der Waals surface area contributed by atoms with Crippen molar-refractivity contribution in [3.8, 4) is 5.75 Å². The van der Waals surface area contributed by atoms with Gasteiger partial charge in [0.25, 0.3) is 0 Å². The van der Waals surface area contributed by atoms with Crippen LogP contribution in [0.2, 0.25) is 0 Å². The number of nitrogens with one attached hydrogen (secondary N) is 1. The van der Waals surface area contributed by atoms with E-state index in [2.05, 4.69) is 5.32 Å². The summed E-state index contributed by atoms with van der Waals surface area (Å²) in [4.78, 5) is 0. The third kappa shape index (κ3) is 4.54. The van der Waals surface area contributed by atoms with Gasteiger partial charge >= 0.3 is 0 Å². The maximum Gasteiger partial charge on any atom is 0.123 e. The van der Waals surface area contributed by atoms with E-state index in [4.69, 9.17) is 4.74 Å². The SMILES string of the molecule is COc1ccccc1CNCc1ccc(F)cc1.Cl. The van der Waals surface area contributed by atoms with Gasteiger partial charge in [-0.05, 0) is 23.8 Å². The number of hydrogen-bond acceptors (Lipinski definition) is 2. The van der Waals surface area contributed by atoms with E-state index in [0.29, 0.717) is 6.54 Å². The second-order valence-corrected chi connectivity index (χ2v) is 4.04. The first-order valence-corrected chi connectivity index (χ1v) is 5.86. The molecule has 19 heavy (non-hydrogen) atoms. The third-order valence-corrected chi connectivity index (χ3v) is 2.75. The average Bonchev–Trinajstić information content (AvgIpc) is 2.41. The lowest BCUT2D eigenvalue weighted by molar-refractivity contribution is 0.407. The Bertz CT molecular complexity index is 502. The van der Waals surface area contributed by atoms with Crippen molar-refractivity contribution in [3.05, 3.63) is 65.5 Å². The second-order valence-electron chi connectivity index (χ2n) is 4.04. The molecule has 0 saturated carbocycles. The van der Waals surface area contributed by atoms with Crippen molar-refractivity contribution in [3.63, 3.8) is 0 Å². The van der Waals surface area contributed by atoms with Crippen molar-refractivity contribution in [1.82, 2.24) is 5.32 Å². The van der Waals surface area contributed by atoms with Crippen LogP contribution in [0.5, 0.6) is 5.75 Å². The van der Waals surface area contributed by atoms with Crippen LogP contribution in [0.1, 0.15) is 11.1 Å². The topological polar surface area (TPSA) is 21.3 Å². The molecule has 0 heterocycles. The molecule has 0 amide bonds. The fourth-order valence-electron chi connectivity index (χ4n) is 1.79. The molecule has 0 unspecified atom stereocenters. The van der Waals surface area contributed by atoms with Crippen LogP contribution in [0.25, 0.3) is 0 Å². The normalized spacial score (nSPS) is 9.79.